The molecule has 0 aliphatic carbocycles. The number of thiazole rings is 1. The fourth-order valence-electron chi connectivity index (χ4n) is 3.06. The Kier molecular flexibility index (Phi) is 5.22. The number of hydrogen-bond acceptors (Lipinski definition) is 6. The van der Waals surface area contributed by atoms with E-state index < -0.39 is 5.97 Å². The molecule has 0 bridgehead atoms. The summed E-state index contributed by atoms with van der Waals surface area (Å²) in [5, 5.41) is 2.73. The van der Waals surface area contributed by atoms with Crippen molar-refractivity contribution in [1.82, 2.24) is 4.98 Å². The minimum Gasteiger partial charge on any atom is -0.456 e. The molecular weight excluding hydrogens is 388 g/mol. The van der Waals surface area contributed by atoms with Crippen LogP contribution in [0.1, 0.15) is 34.5 Å². The predicted molar refractivity (Wildman–Crippen MR) is 110 cm³/mol. The van der Waals surface area contributed by atoms with Crippen molar-refractivity contribution in [2.45, 2.75) is 26.4 Å². The van der Waals surface area contributed by atoms with Crippen molar-refractivity contribution in [3.63, 3.8) is 0 Å². The first kappa shape index (κ1) is 19.0. The number of nitrogens with zero attached hydrogens (tertiary/aromatic N) is 2. The van der Waals surface area contributed by atoms with Crippen molar-refractivity contribution in [2.24, 2.45) is 0 Å². The fraction of sp³-hybridized carbons (Fsp3) is 0.182. The summed E-state index contributed by atoms with van der Waals surface area (Å²) in [5.41, 5.74) is 3.54. The molecule has 1 aliphatic rings. The molecule has 1 fully saturated rings. The highest BCUT2D eigenvalue weighted by molar-refractivity contribution is 7.13. The Labute approximate surface area is 171 Å². The zero-order valence-electron chi connectivity index (χ0n) is 15.8. The molecule has 7 heteroatoms. The second kappa shape index (κ2) is 7.97. The van der Waals surface area contributed by atoms with Gasteiger partial charge in [0, 0.05) is 23.8 Å². The second-order valence-corrected chi connectivity index (χ2v) is 7.62. The van der Waals surface area contributed by atoms with Crippen molar-refractivity contribution in [2.75, 3.05) is 4.90 Å². The predicted octanol–water partition coefficient (Wildman–Crippen LogP) is 4.13. The van der Waals surface area contributed by atoms with E-state index in [-0.39, 0.29) is 36.8 Å². The molecule has 0 radical (unpaired) electrons. The van der Waals surface area contributed by atoms with Gasteiger partial charge in [0.25, 0.3) is 0 Å². The average molecular weight is 406 g/mol. The van der Waals surface area contributed by atoms with Crippen LogP contribution in [0.15, 0.2) is 53.9 Å². The lowest BCUT2D eigenvalue weighted by atomic mass is 10.2. The number of benzene rings is 2. The highest BCUT2D eigenvalue weighted by Gasteiger charge is 2.30. The van der Waals surface area contributed by atoms with E-state index in [1.165, 1.54) is 23.0 Å². The molecule has 2 amide bonds. The topological polar surface area (TPSA) is 76.6 Å². The van der Waals surface area contributed by atoms with E-state index in [1.807, 2.05) is 36.6 Å². The Balaban J connectivity index is 1.43. The van der Waals surface area contributed by atoms with Crippen LogP contribution in [0, 0.1) is 6.92 Å². The Morgan fingerprint density at radius 2 is 1.83 bits per heavy atom. The fourth-order valence-corrected chi connectivity index (χ4v) is 3.87. The Hall–Kier alpha value is -3.32. The lowest BCUT2D eigenvalue weighted by molar-refractivity contribution is -0.121. The third-order valence-electron chi connectivity index (χ3n) is 4.59. The van der Waals surface area contributed by atoms with Gasteiger partial charge in [-0.05, 0) is 25.1 Å². The maximum atomic E-state index is 12.4. The van der Waals surface area contributed by atoms with Crippen molar-refractivity contribution < 1.29 is 19.1 Å². The molecule has 2 heterocycles. The van der Waals surface area contributed by atoms with Crippen LogP contribution >= 0.6 is 11.3 Å². The number of hydrogen-bond donors (Lipinski definition) is 0. The number of rotatable bonds is 5. The molecule has 4 rings (SSSR count). The maximum Gasteiger partial charge on any atom is 0.338 e. The van der Waals surface area contributed by atoms with Crippen molar-refractivity contribution in [3.8, 4) is 10.6 Å². The van der Waals surface area contributed by atoms with Crippen molar-refractivity contribution in [1.29, 1.82) is 0 Å². The number of carbonyl (C=O) groups excluding carboxylic acids is 3. The summed E-state index contributed by atoms with van der Waals surface area (Å²) in [6.07, 6.45) is 0.390. The molecule has 3 aromatic rings. The summed E-state index contributed by atoms with van der Waals surface area (Å²) in [5.74, 6) is -1.05. The number of anilines is 1. The van der Waals surface area contributed by atoms with Crippen LogP contribution in [0.5, 0.6) is 0 Å². The lowest BCUT2D eigenvalue weighted by Gasteiger charge is -2.14. The standard InChI is InChI=1S/C22H18N2O4S/c1-14-5-7-15(8-6-14)21-23-17(13-29-21)12-28-22(27)16-3-2-4-18(11-16)24-19(25)9-10-20(24)26/h2-8,11,13H,9-10,12H2,1H3. The number of ether oxygens (including phenoxy) is 1. The van der Waals surface area contributed by atoms with Gasteiger partial charge in [0.1, 0.15) is 11.6 Å². The first-order valence-electron chi connectivity index (χ1n) is 9.16. The third-order valence-corrected chi connectivity index (χ3v) is 5.53. The normalized spacial score (nSPS) is 13.8. The lowest BCUT2D eigenvalue weighted by Crippen LogP contribution is -2.28. The molecule has 29 heavy (non-hydrogen) atoms. The van der Waals surface area contributed by atoms with Crippen LogP contribution in [0.25, 0.3) is 10.6 Å². The second-order valence-electron chi connectivity index (χ2n) is 6.76. The molecule has 146 valence electrons. The molecule has 0 atom stereocenters. The zero-order valence-corrected chi connectivity index (χ0v) is 16.6. The molecule has 1 saturated heterocycles. The number of carbonyl (C=O) groups is 3. The summed E-state index contributed by atoms with van der Waals surface area (Å²) in [6.45, 7) is 2.08. The highest BCUT2D eigenvalue weighted by atomic mass is 32.1. The number of imide groups is 1. The first-order chi connectivity index (χ1) is 14.0. The van der Waals surface area contributed by atoms with Crippen LogP contribution in [0.4, 0.5) is 5.69 Å². The van der Waals surface area contributed by atoms with Crippen LogP contribution in [0.3, 0.4) is 0 Å². The van der Waals surface area contributed by atoms with Gasteiger partial charge in [-0.25, -0.2) is 9.78 Å². The van der Waals surface area contributed by atoms with Gasteiger partial charge >= 0.3 is 5.97 Å². The molecule has 0 N–H and O–H groups in total. The molecule has 6 nitrogen and oxygen atoms in total. The quantitative estimate of drug-likeness (QED) is 0.470. The molecule has 0 spiro atoms. The van der Waals surface area contributed by atoms with Crippen molar-refractivity contribution in [3.05, 3.63) is 70.7 Å². The van der Waals surface area contributed by atoms with Crippen LogP contribution in [-0.2, 0) is 20.9 Å². The molecule has 2 aromatic carbocycles. The SMILES string of the molecule is Cc1ccc(-c2nc(COC(=O)c3cccc(N4C(=O)CCC4=O)c3)cs2)cc1. The Morgan fingerprint density at radius 3 is 2.55 bits per heavy atom. The molecule has 0 saturated carbocycles. The zero-order chi connectivity index (χ0) is 20.4. The average Bonchev–Trinajstić information content (AvgIpc) is 3.33. The van der Waals surface area contributed by atoms with E-state index >= 15 is 0 Å². The van der Waals surface area contributed by atoms with Crippen LogP contribution in [0.2, 0.25) is 0 Å². The van der Waals surface area contributed by atoms with E-state index in [4.69, 9.17) is 4.74 Å². The summed E-state index contributed by atoms with van der Waals surface area (Å²) < 4.78 is 5.37. The summed E-state index contributed by atoms with van der Waals surface area (Å²) in [7, 11) is 0. The number of aryl methyl sites for hydroxylation is 1. The van der Waals surface area contributed by atoms with Gasteiger partial charge in [-0.3, -0.25) is 14.5 Å². The summed E-state index contributed by atoms with van der Waals surface area (Å²) in [4.78, 5) is 41.9. The van der Waals surface area contributed by atoms with Gasteiger partial charge in [0.05, 0.1) is 16.9 Å². The van der Waals surface area contributed by atoms with Crippen LogP contribution < -0.4 is 4.90 Å². The largest absolute Gasteiger partial charge is 0.456 e. The van der Waals surface area contributed by atoms with Gasteiger partial charge in [-0.1, -0.05) is 35.9 Å². The van der Waals surface area contributed by atoms with Gasteiger partial charge in [-0.2, -0.15) is 0 Å². The minimum absolute atomic E-state index is 0.0486. The smallest absolute Gasteiger partial charge is 0.338 e. The number of esters is 1. The number of amides is 2. The molecule has 0 unspecified atom stereocenters. The van der Waals surface area contributed by atoms with E-state index in [9.17, 15) is 14.4 Å². The molecule has 1 aromatic heterocycles. The molecule has 1 aliphatic heterocycles. The number of aromatic nitrogens is 1. The van der Waals surface area contributed by atoms with E-state index in [0.717, 1.165) is 15.5 Å². The third kappa shape index (κ3) is 4.09. The first-order valence-corrected chi connectivity index (χ1v) is 10.0. The van der Waals surface area contributed by atoms with Gasteiger partial charge in [0.2, 0.25) is 11.8 Å². The Morgan fingerprint density at radius 1 is 1.10 bits per heavy atom. The van der Waals surface area contributed by atoms with Crippen LogP contribution in [-0.4, -0.2) is 22.8 Å². The maximum absolute atomic E-state index is 12.4. The van der Waals surface area contributed by atoms with E-state index in [2.05, 4.69) is 4.98 Å². The minimum atomic E-state index is -0.532. The molecular formula is C22H18N2O4S. The summed E-state index contributed by atoms with van der Waals surface area (Å²) in [6, 6.07) is 14.4. The van der Waals surface area contributed by atoms with E-state index in [0.29, 0.717) is 11.4 Å². The monoisotopic (exact) mass is 406 g/mol. The van der Waals surface area contributed by atoms with Gasteiger partial charge in [0.15, 0.2) is 0 Å². The van der Waals surface area contributed by atoms with Crippen molar-refractivity contribution >= 4 is 34.8 Å². The van der Waals surface area contributed by atoms with E-state index in [1.54, 1.807) is 18.2 Å². The van der Waals surface area contributed by atoms with Gasteiger partial charge in [-0.15, -0.1) is 11.3 Å². The Bertz CT molecular complexity index is 1070. The summed E-state index contributed by atoms with van der Waals surface area (Å²) >= 11 is 1.49. The van der Waals surface area contributed by atoms with Gasteiger partial charge < -0.3 is 4.74 Å². The highest BCUT2D eigenvalue weighted by Crippen LogP contribution is 2.25.